The maximum atomic E-state index is 2.56. The second kappa shape index (κ2) is 16.5. The van der Waals surface area contributed by atoms with Crippen LogP contribution in [0.4, 0.5) is 17.1 Å². The lowest BCUT2D eigenvalue weighted by molar-refractivity contribution is 0.754. The minimum atomic E-state index is -0.679. The molecule has 0 atom stereocenters. The number of nitrogens with zero attached hydrogens (tertiary/aromatic N) is 3. The van der Waals surface area contributed by atoms with Crippen LogP contribution in [0.15, 0.2) is 285 Å². The first-order chi connectivity index (χ1) is 37.7. The van der Waals surface area contributed by atoms with Crippen molar-refractivity contribution in [1.82, 2.24) is 9.13 Å². The van der Waals surface area contributed by atoms with Crippen molar-refractivity contribution >= 4 is 60.7 Å². The van der Waals surface area contributed by atoms with E-state index in [9.17, 15) is 0 Å². The quantitative estimate of drug-likeness (QED) is 0.162. The molecule has 1 aliphatic carbocycles. The van der Waals surface area contributed by atoms with Gasteiger partial charge in [-0.15, -0.1) is 0 Å². The van der Waals surface area contributed by atoms with Crippen LogP contribution in [0.2, 0.25) is 0 Å². The van der Waals surface area contributed by atoms with Crippen molar-refractivity contribution in [3.05, 3.63) is 307 Å². The minimum Gasteiger partial charge on any atom is -0.310 e. The summed E-state index contributed by atoms with van der Waals surface area (Å²) in [6.45, 7) is 0. The molecule has 76 heavy (non-hydrogen) atoms. The van der Waals surface area contributed by atoms with Gasteiger partial charge in [0.1, 0.15) is 0 Å². The van der Waals surface area contributed by atoms with Gasteiger partial charge < -0.3 is 14.0 Å². The average Bonchev–Trinajstić information content (AvgIpc) is 4.27. The fourth-order valence-electron chi connectivity index (χ4n) is 13.2. The van der Waals surface area contributed by atoms with Gasteiger partial charge in [-0.2, -0.15) is 0 Å². The maximum absolute atomic E-state index is 2.56. The first kappa shape index (κ1) is 42.5. The molecule has 0 radical (unpaired) electrons. The molecule has 0 unspecified atom stereocenters. The predicted octanol–water partition coefficient (Wildman–Crippen LogP) is 19.0. The minimum absolute atomic E-state index is 0.679. The second-order valence-corrected chi connectivity index (χ2v) is 20.4. The van der Waals surface area contributed by atoms with Crippen LogP contribution in [-0.4, -0.2) is 9.13 Å². The maximum Gasteiger partial charge on any atom is 0.0755 e. The smallest absolute Gasteiger partial charge is 0.0755 e. The molecule has 0 bridgehead atoms. The van der Waals surface area contributed by atoms with Crippen LogP contribution in [0.1, 0.15) is 22.3 Å². The van der Waals surface area contributed by atoms with Gasteiger partial charge in [0, 0.05) is 38.6 Å². The van der Waals surface area contributed by atoms with Crippen molar-refractivity contribution in [3.63, 3.8) is 0 Å². The molecule has 16 rings (SSSR count). The summed E-state index contributed by atoms with van der Waals surface area (Å²) in [4.78, 5) is 2.47. The Hall–Kier alpha value is -9.96. The van der Waals surface area contributed by atoms with Gasteiger partial charge in [0.2, 0.25) is 0 Å². The molecule has 1 aliphatic heterocycles. The first-order valence-electron chi connectivity index (χ1n) is 26.3. The summed E-state index contributed by atoms with van der Waals surface area (Å²) in [5.41, 5.74) is 24.7. The standard InChI is InChI=1S/C73H47N3/c1-4-19-48(20-5-1)49-35-37-50(38-36-49)52-21-18-22-53(43-52)51-39-41-56(42-40-51)75-68-32-15-11-28-58(68)62-45-60-59-44-61-57-27-10-14-31-67(57)74(54-23-6-2-7-24-54)71(61)46-65(59)73(66(60)47-72(62)75)63-29-12-16-33-69(63)76(55-25-8-3-9-26-55)70-34-17-13-30-64(70)73/h1-47H. The predicted molar refractivity (Wildman–Crippen MR) is 317 cm³/mol. The van der Waals surface area contributed by atoms with Crippen LogP contribution in [0, 0.1) is 0 Å². The molecule has 14 aromatic rings. The highest BCUT2D eigenvalue weighted by atomic mass is 15.2. The molecular weight excluding hydrogens is 919 g/mol. The Morgan fingerprint density at radius 2 is 0.605 bits per heavy atom. The molecule has 354 valence electrons. The fraction of sp³-hybridized carbons (Fsp3) is 0.0137. The van der Waals surface area contributed by atoms with Gasteiger partial charge in [-0.1, -0.05) is 194 Å². The van der Waals surface area contributed by atoms with E-state index in [1.807, 2.05) is 0 Å². The van der Waals surface area contributed by atoms with Crippen molar-refractivity contribution in [3.8, 4) is 55.9 Å². The molecule has 3 heterocycles. The molecule has 3 nitrogen and oxygen atoms in total. The zero-order chi connectivity index (χ0) is 49.9. The lowest BCUT2D eigenvalue weighted by Gasteiger charge is -2.45. The van der Waals surface area contributed by atoms with Gasteiger partial charge >= 0.3 is 0 Å². The van der Waals surface area contributed by atoms with E-state index in [0.717, 1.165) is 17.1 Å². The summed E-state index contributed by atoms with van der Waals surface area (Å²) in [7, 11) is 0. The van der Waals surface area contributed by atoms with Crippen molar-refractivity contribution in [1.29, 1.82) is 0 Å². The van der Waals surface area contributed by atoms with E-state index in [1.54, 1.807) is 0 Å². The average molecular weight is 966 g/mol. The fourth-order valence-corrected chi connectivity index (χ4v) is 13.2. The van der Waals surface area contributed by atoms with Gasteiger partial charge in [-0.3, -0.25) is 0 Å². The molecule has 0 N–H and O–H groups in total. The highest BCUT2D eigenvalue weighted by Gasteiger charge is 2.52. The summed E-state index contributed by atoms with van der Waals surface area (Å²) < 4.78 is 4.97. The van der Waals surface area contributed by atoms with Gasteiger partial charge in [0.15, 0.2) is 0 Å². The lowest BCUT2D eigenvalue weighted by Crippen LogP contribution is -2.36. The van der Waals surface area contributed by atoms with Crippen molar-refractivity contribution in [2.24, 2.45) is 0 Å². The summed E-state index contributed by atoms with van der Waals surface area (Å²) in [6, 6.07) is 106. The summed E-state index contributed by atoms with van der Waals surface area (Å²) >= 11 is 0. The number of benzene rings is 12. The number of aromatic nitrogens is 2. The first-order valence-corrected chi connectivity index (χ1v) is 26.3. The van der Waals surface area contributed by atoms with Crippen LogP contribution >= 0.6 is 0 Å². The largest absolute Gasteiger partial charge is 0.310 e. The third-order valence-corrected chi connectivity index (χ3v) is 16.5. The third-order valence-electron chi connectivity index (χ3n) is 16.5. The summed E-state index contributed by atoms with van der Waals surface area (Å²) in [6.07, 6.45) is 0. The van der Waals surface area contributed by atoms with Crippen LogP contribution in [0.5, 0.6) is 0 Å². The van der Waals surface area contributed by atoms with Gasteiger partial charge in [-0.25, -0.2) is 0 Å². The lowest BCUT2D eigenvalue weighted by atomic mass is 9.64. The molecule has 1 spiro atoms. The Balaban J connectivity index is 0.926. The Labute approximate surface area is 441 Å². The Morgan fingerprint density at radius 3 is 1.13 bits per heavy atom. The van der Waals surface area contributed by atoms with E-state index in [2.05, 4.69) is 299 Å². The topological polar surface area (TPSA) is 13.1 Å². The van der Waals surface area contributed by atoms with Crippen LogP contribution in [-0.2, 0) is 5.41 Å². The highest BCUT2D eigenvalue weighted by Crippen LogP contribution is 2.65. The van der Waals surface area contributed by atoms with E-state index in [0.29, 0.717) is 0 Å². The number of hydrogen-bond donors (Lipinski definition) is 0. The van der Waals surface area contributed by atoms with E-state index < -0.39 is 5.41 Å². The molecule has 0 saturated carbocycles. The summed E-state index contributed by atoms with van der Waals surface area (Å²) in [5, 5.41) is 4.97. The van der Waals surface area contributed by atoms with Crippen LogP contribution < -0.4 is 4.90 Å². The molecule has 2 aromatic heterocycles. The van der Waals surface area contributed by atoms with Gasteiger partial charge in [0.25, 0.3) is 0 Å². The van der Waals surface area contributed by atoms with E-state index in [-0.39, 0.29) is 0 Å². The monoisotopic (exact) mass is 965 g/mol. The molecule has 2 aliphatic rings. The van der Waals surface area contributed by atoms with Crippen molar-refractivity contribution in [2.75, 3.05) is 4.90 Å². The van der Waals surface area contributed by atoms with Crippen molar-refractivity contribution in [2.45, 2.75) is 5.41 Å². The van der Waals surface area contributed by atoms with E-state index >= 15 is 0 Å². The van der Waals surface area contributed by atoms with Gasteiger partial charge in [0.05, 0.1) is 38.9 Å². The number of anilines is 3. The molecule has 0 amide bonds. The molecule has 3 heteroatoms. The van der Waals surface area contributed by atoms with Crippen LogP contribution in [0.3, 0.4) is 0 Å². The van der Waals surface area contributed by atoms with Crippen molar-refractivity contribution < 1.29 is 0 Å². The molecule has 0 saturated heterocycles. The normalized spacial score (nSPS) is 13.1. The molecule has 0 fully saturated rings. The third kappa shape index (κ3) is 6.11. The Kier molecular flexibility index (Phi) is 9.25. The van der Waals surface area contributed by atoms with Gasteiger partial charge in [-0.05, 0) is 158 Å². The second-order valence-electron chi connectivity index (χ2n) is 20.4. The molecular formula is C73H47N3. The number of para-hydroxylation sites is 6. The highest BCUT2D eigenvalue weighted by molar-refractivity contribution is 6.16. The molecule has 12 aromatic carbocycles. The van der Waals surface area contributed by atoms with E-state index in [1.165, 1.54) is 122 Å². The number of rotatable bonds is 6. The zero-order valence-corrected chi connectivity index (χ0v) is 41.5. The Morgan fingerprint density at radius 1 is 0.224 bits per heavy atom. The Bertz CT molecular complexity index is 4560. The summed E-state index contributed by atoms with van der Waals surface area (Å²) in [5.74, 6) is 0. The van der Waals surface area contributed by atoms with Crippen LogP contribution in [0.25, 0.3) is 99.5 Å². The number of fused-ring (bicyclic) bond motifs is 15. The number of hydrogen-bond acceptors (Lipinski definition) is 1. The zero-order valence-electron chi connectivity index (χ0n) is 41.5. The SMILES string of the molecule is c1ccc(-c2ccc(-c3cccc(-c4ccc(-n5c6ccccc6c6cc7c(cc65)C5(c6cc8c(cc6-7)c6ccccc6n8-c6ccccc6)c6ccccc6N(c6ccccc6)c6ccccc65)cc4)c3)cc2)cc1. The van der Waals surface area contributed by atoms with E-state index in [4.69, 9.17) is 0 Å².